The summed E-state index contributed by atoms with van der Waals surface area (Å²) in [6, 6.07) is 9.26. The number of carbonyl (C=O) groups excluding carboxylic acids is 1. The highest BCUT2D eigenvalue weighted by Gasteiger charge is 2.21. The smallest absolute Gasteiger partial charge is 0.259 e. The molecule has 4 rings (SSSR count). The van der Waals surface area contributed by atoms with Crippen LogP contribution >= 0.6 is 0 Å². The maximum absolute atomic E-state index is 13.1. The van der Waals surface area contributed by atoms with Crippen molar-refractivity contribution in [3.63, 3.8) is 0 Å². The van der Waals surface area contributed by atoms with Gasteiger partial charge in [-0.2, -0.15) is 0 Å². The molecule has 2 N–H and O–H groups in total. The average molecular weight is 423 g/mol. The average Bonchev–Trinajstić information content (AvgIpc) is 3.21. The van der Waals surface area contributed by atoms with E-state index in [1.54, 1.807) is 25.3 Å². The third-order valence-electron chi connectivity index (χ3n) is 5.99. The Balaban J connectivity index is 1.69. The van der Waals surface area contributed by atoms with Gasteiger partial charge in [-0.05, 0) is 37.1 Å². The minimum Gasteiger partial charge on any atom is -0.493 e. The molecule has 1 saturated carbocycles. The van der Waals surface area contributed by atoms with Gasteiger partial charge >= 0.3 is 0 Å². The van der Waals surface area contributed by atoms with Crippen LogP contribution in [0.3, 0.4) is 0 Å². The molecule has 1 aromatic heterocycles. The van der Waals surface area contributed by atoms with Crippen LogP contribution in [0.1, 0.15) is 54.2 Å². The number of fused-ring (bicyclic) bond motifs is 1. The van der Waals surface area contributed by atoms with Crippen LogP contribution in [-0.4, -0.2) is 44.2 Å². The standard InChI is InChI=1S/C24H30N4O3/c1-28(2)20-14-18-17(25-23(26-18)15-9-6-5-7-10-15)13-19(20)27-24(29)16-11-8-12-21(30-3)22(16)31-4/h8,11-15H,5-7,9-10H2,1-4H3,(H,25,26)(H,27,29). The molecular formula is C24H30N4O3. The van der Waals surface area contributed by atoms with Crippen LogP contribution in [0.2, 0.25) is 0 Å². The van der Waals surface area contributed by atoms with Gasteiger partial charge in [-0.25, -0.2) is 4.98 Å². The molecule has 0 aliphatic heterocycles. The predicted octanol–water partition coefficient (Wildman–Crippen LogP) is 4.95. The molecule has 164 valence electrons. The molecule has 1 heterocycles. The van der Waals surface area contributed by atoms with Gasteiger partial charge in [0.15, 0.2) is 11.5 Å². The summed E-state index contributed by atoms with van der Waals surface area (Å²) in [5.41, 5.74) is 3.87. The molecule has 1 amide bonds. The number of imidazole rings is 1. The third-order valence-corrected chi connectivity index (χ3v) is 5.99. The van der Waals surface area contributed by atoms with Crippen molar-refractivity contribution in [3.05, 3.63) is 41.7 Å². The molecular weight excluding hydrogens is 392 g/mol. The van der Waals surface area contributed by atoms with E-state index in [1.807, 2.05) is 31.1 Å². The number of hydrogen-bond acceptors (Lipinski definition) is 5. The summed E-state index contributed by atoms with van der Waals surface area (Å²) < 4.78 is 10.8. The fourth-order valence-corrected chi connectivity index (χ4v) is 4.36. The Bertz CT molecular complexity index is 1080. The van der Waals surface area contributed by atoms with Crippen molar-refractivity contribution in [3.8, 4) is 11.5 Å². The summed E-state index contributed by atoms with van der Waals surface area (Å²) in [6.07, 6.45) is 6.19. The zero-order valence-corrected chi connectivity index (χ0v) is 18.6. The molecule has 1 fully saturated rings. The fourth-order valence-electron chi connectivity index (χ4n) is 4.36. The largest absolute Gasteiger partial charge is 0.493 e. The Kier molecular flexibility index (Phi) is 6.02. The highest BCUT2D eigenvalue weighted by Crippen LogP contribution is 2.36. The number of ether oxygens (including phenoxy) is 2. The van der Waals surface area contributed by atoms with E-state index in [-0.39, 0.29) is 5.91 Å². The van der Waals surface area contributed by atoms with Crippen molar-refractivity contribution in [1.29, 1.82) is 0 Å². The second-order valence-corrected chi connectivity index (χ2v) is 8.23. The molecule has 31 heavy (non-hydrogen) atoms. The number of para-hydroxylation sites is 1. The Morgan fingerprint density at radius 2 is 1.90 bits per heavy atom. The van der Waals surface area contributed by atoms with Gasteiger partial charge in [-0.3, -0.25) is 4.79 Å². The van der Waals surface area contributed by atoms with Crippen LogP contribution in [0.4, 0.5) is 11.4 Å². The predicted molar refractivity (Wildman–Crippen MR) is 124 cm³/mol. The van der Waals surface area contributed by atoms with Crippen molar-refractivity contribution < 1.29 is 14.3 Å². The Hall–Kier alpha value is -3.22. The van der Waals surface area contributed by atoms with E-state index in [4.69, 9.17) is 14.5 Å². The van der Waals surface area contributed by atoms with Gasteiger partial charge in [0.1, 0.15) is 5.82 Å². The lowest BCUT2D eigenvalue weighted by Crippen LogP contribution is -2.17. The third kappa shape index (κ3) is 4.17. The van der Waals surface area contributed by atoms with E-state index >= 15 is 0 Å². The van der Waals surface area contributed by atoms with Gasteiger partial charge < -0.3 is 24.7 Å². The number of carbonyl (C=O) groups is 1. The van der Waals surface area contributed by atoms with E-state index in [0.717, 1.165) is 22.5 Å². The van der Waals surface area contributed by atoms with Crippen LogP contribution in [0.5, 0.6) is 11.5 Å². The number of hydrogen-bond donors (Lipinski definition) is 2. The first-order valence-electron chi connectivity index (χ1n) is 10.7. The minimum absolute atomic E-state index is 0.259. The number of rotatable bonds is 6. The molecule has 0 radical (unpaired) electrons. The number of methoxy groups -OCH3 is 2. The van der Waals surface area contributed by atoms with Gasteiger partial charge in [-0.15, -0.1) is 0 Å². The number of anilines is 2. The van der Waals surface area contributed by atoms with Crippen LogP contribution in [0.25, 0.3) is 11.0 Å². The highest BCUT2D eigenvalue weighted by molar-refractivity contribution is 6.09. The van der Waals surface area contributed by atoms with Crippen LogP contribution in [0.15, 0.2) is 30.3 Å². The van der Waals surface area contributed by atoms with Gasteiger partial charge in [-0.1, -0.05) is 25.3 Å². The topological polar surface area (TPSA) is 79.5 Å². The van der Waals surface area contributed by atoms with Crippen molar-refractivity contribution in [2.24, 2.45) is 0 Å². The second-order valence-electron chi connectivity index (χ2n) is 8.23. The zero-order valence-electron chi connectivity index (χ0n) is 18.6. The number of H-pyrrole nitrogens is 1. The van der Waals surface area contributed by atoms with E-state index in [9.17, 15) is 4.79 Å². The SMILES string of the molecule is COc1cccc(C(=O)Nc2cc3[nH]c(C4CCCCC4)nc3cc2N(C)C)c1OC. The number of aromatic amines is 1. The van der Waals surface area contributed by atoms with Crippen LogP contribution in [-0.2, 0) is 0 Å². The number of aromatic nitrogens is 2. The number of nitrogens with zero attached hydrogens (tertiary/aromatic N) is 2. The lowest BCUT2D eigenvalue weighted by Gasteiger charge is -2.19. The maximum atomic E-state index is 13.1. The van der Waals surface area contributed by atoms with Gasteiger partial charge in [0, 0.05) is 20.0 Å². The first-order chi connectivity index (χ1) is 15.0. The zero-order chi connectivity index (χ0) is 22.0. The van der Waals surface area contributed by atoms with Gasteiger partial charge in [0.25, 0.3) is 5.91 Å². The summed E-state index contributed by atoms with van der Waals surface area (Å²) in [4.78, 5) is 23.5. The molecule has 0 atom stereocenters. The highest BCUT2D eigenvalue weighted by atomic mass is 16.5. The molecule has 0 unspecified atom stereocenters. The summed E-state index contributed by atoms with van der Waals surface area (Å²) in [7, 11) is 7.00. The normalized spacial score (nSPS) is 14.5. The number of amides is 1. The molecule has 2 aromatic carbocycles. The Morgan fingerprint density at radius 1 is 1.13 bits per heavy atom. The maximum Gasteiger partial charge on any atom is 0.259 e. The number of nitrogens with one attached hydrogen (secondary N) is 2. The van der Waals surface area contributed by atoms with Crippen molar-refractivity contribution in [2.45, 2.75) is 38.0 Å². The lowest BCUT2D eigenvalue weighted by atomic mass is 9.89. The second kappa shape index (κ2) is 8.88. The first-order valence-corrected chi connectivity index (χ1v) is 10.7. The summed E-state index contributed by atoms with van der Waals surface area (Å²) in [5, 5.41) is 3.05. The van der Waals surface area contributed by atoms with E-state index in [0.29, 0.717) is 28.7 Å². The summed E-state index contributed by atoms with van der Waals surface area (Å²) in [5.74, 6) is 2.21. The molecule has 1 aliphatic rings. The quantitative estimate of drug-likeness (QED) is 0.588. The van der Waals surface area contributed by atoms with Crippen molar-refractivity contribution in [2.75, 3.05) is 38.5 Å². The van der Waals surface area contributed by atoms with E-state index in [2.05, 4.69) is 10.3 Å². The van der Waals surface area contributed by atoms with Gasteiger partial charge in [0.05, 0.1) is 42.2 Å². The number of benzene rings is 2. The molecule has 7 heteroatoms. The molecule has 1 aliphatic carbocycles. The molecule has 3 aromatic rings. The Morgan fingerprint density at radius 3 is 2.58 bits per heavy atom. The summed E-state index contributed by atoms with van der Waals surface area (Å²) in [6.45, 7) is 0. The lowest BCUT2D eigenvalue weighted by molar-refractivity contribution is 0.102. The Labute approximate surface area is 182 Å². The first kappa shape index (κ1) is 21.0. The fraction of sp³-hybridized carbons (Fsp3) is 0.417. The van der Waals surface area contributed by atoms with Gasteiger partial charge in [0.2, 0.25) is 0 Å². The van der Waals surface area contributed by atoms with E-state index in [1.165, 1.54) is 39.2 Å². The molecule has 0 saturated heterocycles. The molecule has 0 spiro atoms. The van der Waals surface area contributed by atoms with Crippen molar-refractivity contribution >= 4 is 28.3 Å². The molecule has 7 nitrogen and oxygen atoms in total. The summed E-state index contributed by atoms with van der Waals surface area (Å²) >= 11 is 0. The minimum atomic E-state index is -0.259. The molecule has 0 bridgehead atoms. The van der Waals surface area contributed by atoms with E-state index < -0.39 is 0 Å². The van der Waals surface area contributed by atoms with Crippen LogP contribution in [0, 0.1) is 0 Å². The van der Waals surface area contributed by atoms with Crippen LogP contribution < -0.4 is 19.7 Å². The monoisotopic (exact) mass is 422 g/mol. The van der Waals surface area contributed by atoms with Crippen molar-refractivity contribution in [1.82, 2.24) is 9.97 Å².